The molecule has 4 aromatic carbocycles. The minimum Gasteiger partial charge on any atom is -0.529 e. The fraction of sp³-hybridized carbons (Fsp3) is 0.195. The van der Waals surface area contributed by atoms with Crippen LogP contribution >= 0.6 is 0 Å². The van der Waals surface area contributed by atoms with Gasteiger partial charge in [-0.3, -0.25) is 9.58 Å². The van der Waals surface area contributed by atoms with Crippen molar-refractivity contribution in [3.63, 3.8) is 0 Å². The number of aromatic nitrogens is 4. The van der Waals surface area contributed by atoms with Gasteiger partial charge < -0.3 is 19.2 Å². The Bertz CT molecular complexity index is 2040. The van der Waals surface area contributed by atoms with Crippen molar-refractivity contribution in [3.8, 4) is 22.8 Å². The number of benzene rings is 4. The standard InChI is InChI=1S/C41H40N5O3.Y/c1-3-37(32-10-6-4-7-11-32)41(34-12-8-5-9-13-34)35-18-20-36(21-19-35)49-27-26-44(2)28-31-14-16-33(17-15-31)38-29-46(43-42-38)25-24-45-23-22-39(47)40(48)30-45;/h4-23,29,48H,3,24-28H2,1-2H3;/q-1;/b41-37-;. The minimum absolute atomic E-state index is 0. The van der Waals surface area contributed by atoms with Gasteiger partial charge >= 0.3 is 0 Å². The molecule has 0 saturated heterocycles. The van der Waals surface area contributed by atoms with Crippen molar-refractivity contribution < 1.29 is 42.6 Å². The first-order valence-corrected chi connectivity index (χ1v) is 16.5. The van der Waals surface area contributed by atoms with E-state index in [4.69, 9.17) is 4.74 Å². The molecule has 0 unspecified atom stereocenters. The zero-order chi connectivity index (χ0) is 34.0. The molecule has 0 aliphatic heterocycles. The molecule has 0 amide bonds. The molecule has 2 aromatic heterocycles. The Labute approximate surface area is 318 Å². The van der Waals surface area contributed by atoms with E-state index in [0.29, 0.717) is 19.7 Å². The largest absolute Gasteiger partial charge is 0.529 e. The molecule has 0 spiro atoms. The summed E-state index contributed by atoms with van der Waals surface area (Å²) in [5.74, 6) is 0.469. The molecule has 6 aromatic rings. The van der Waals surface area contributed by atoms with Gasteiger partial charge in [0.05, 0.1) is 18.5 Å². The molecule has 50 heavy (non-hydrogen) atoms. The van der Waals surface area contributed by atoms with E-state index in [-0.39, 0.29) is 38.5 Å². The van der Waals surface area contributed by atoms with E-state index in [0.717, 1.165) is 36.5 Å². The van der Waals surface area contributed by atoms with Crippen molar-refractivity contribution in [3.05, 3.63) is 166 Å². The van der Waals surface area contributed by atoms with Crippen LogP contribution < -0.4 is 10.2 Å². The zero-order valence-corrected chi connectivity index (χ0v) is 31.3. The van der Waals surface area contributed by atoms with Gasteiger partial charge in [0.2, 0.25) is 0 Å². The average Bonchev–Trinajstić information content (AvgIpc) is 3.62. The predicted octanol–water partition coefficient (Wildman–Crippen LogP) is 7.19. The van der Waals surface area contributed by atoms with Crippen LogP contribution in [0.1, 0.15) is 35.6 Å². The van der Waals surface area contributed by atoms with E-state index in [1.165, 1.54) is 39.5 Å². The molecule has 2 heterocycles. The zero-order valence-electron chi connectivity index (χ0n) is 28.4. The first-order chi connectivity index (χ1) is 24.0. The van der Waals surface area contributed by atoms with Crippen LogP contribution in [0.15, 0.2) is 132 Å². The second kappa shape index (κ2) is 17.9. The Morgan fingerprint density at radius 1 is 0.840 bits per heavy atom. The summed E-state index contributed by atoms with van der Waals surface area (Å²) in [5.41, 5.74) is 8.71. The fourth-order valence-electron chi connectivity index (χ4n) is 5.84. The number of aryl methyl sites for hydroxylation is 2. The number of hydrogen-bond acceptors (Lipinski definition) is 6. The Hall–Kier alpha value is -4.63. The molecule has 9 heteroatoms. The molecule has 0 aliphatic carbocycles. The maximum absolute atomic E-state index is 11.4. The van der Waals surface area contributed by atoms with Crippen LogP contribution in [0.25, 0.3) is 22.4 Å². The topological polar surface area (TPSA) is 85.4 Å². The monoisotopic (exact) mass is 739 g/mol. The molecule has 8 nitrogen and oxygen atoms in total. The van der Waals surface area contributed by atoms with Crippen LogP contribution in [0.5, 0.6) is 11.5 Å². The molecule has 251 valence electrons. The molecule has 1 N–H and O–H groups in total. The van der Waals surface area contributed by atoms with Crippen molar-refractivity contribution >= 4 is 11.1 Å². The maximum Gasteiger partial charge on any atom is 0.119 e. The summed E-state index contributed by atoms with van der Waals surface area (Å²) in [6, 6.07) is 39.4. The maximum atomic E-state index is 11.4. The molecule has 0 fully saturated rings. The summed E-state index contributed by atoms with van der Waals surface area (Å²) in [4.78, 5) is 13.6. The van der Waals surface area contributed by atoms with Crippen LogP contribution in [0, 0.1) is 6.20 Å². The molecule has 0 atom stereocenters. The van der Waals surface area contributed by atoms with Crippen LogP contribution in [0.2, 0.25) is 0 Å². The first-order valence-electron chi connectivity index (χ1n) is 16.5. The predicted molar refractivity (Wildman–Crippen MR) is 194 cm³/mol. The number of allylic oxidation sites excluding steroid dienone is 1. The Morgan fingerprint density at radius 2 is 1.50 bits per heavy atom. The number of rotatable bonds is 14. The number of nitrogens with zero attached hydrogens (tertiary/aromatic N) is 5. The van der Waals surface area contributed by atoms with Crippen molar-refractivity contribution in [2.75, 3.05) is 20.2 Å². The summed E-state index contributed by atoms with van der Waals surface area (Å²) in [7, 11) is 2.10. The van der Waals surface area contributed by atoms with Crippen molar-refractivity contribution in [1.29, 1.82) is 0 Å². The Kier molecular flexibility index (Phi) is 13.1. The number of pyridine rings is 1. The second-order valence-electron chi connectivity index (χ2n) is 11.9. The number of likely N-dealkylation sites (N-methyl/N-ethyl adjacent to an activating group) is 1. The number of aromatic hydroxyl groups is 1. The van der Waals surface area contributed by atoms with E-state index in [1.807, 2.05) is 6.20 Å². The third kappa shape index (κ3) is 9.54. The number of hydrogen-bond donors (Lipinski definition) is 1. The van der Waals surface area contributed by atoms with Gasteiger partial charge in [0.15, 0.2) is 0 Å². The molecular weight excluding hydrogens is 699 g/mol. The molecule has 0 saturated carbocycles. The van der Waals surface area contributed by atoms with Crippen LogP contribution in [0.4, 0.5) is 0 Å². The minimum atomic E-state index is -0.445. The Morgan fingerprint density at radius 3 is 2.16 bits per heavy atom. The van der Waals surface area contributed by atoms with Gasteiger partial charge in [-0.2, -0.15) is 0 Å². The van der Waals surface area contributed by atoms with E-state index in [9.17, 15) is 9.90 Å². The summed E-state index contributed by atoms with van der Waals surface area (Å²) >= 11 is 0. The van der Waals surface area contributed by atoms with E-state index >= 15 is 0 Å². The van der Waals surface area contributed by atoms with Gasteiger partial charge in [-0.15, -0.1) is 17.4 Å². The van der Waals surface area contributed by atoms with E-state index in [1.54, 1.807) is 15.4 Å². The van der Waals surface area contributed by atoms with Crippen molar-refractivity contribution in [2.45, 2.75) is 33.0 Å². The smallest absolute Gasteiger partial charge is 0.119 e. The summed E-state index contributed by atoms with van der Waals surface area (Å²) in [6.07, 6.45) is 7.04. The normalized spacial score (nSPS) is 11.6. The van der Waals surface area contributed by atoms with Crippen molar-refractivity contribution in [2.24, 2.45) is 0 Å². The van der Waals surface area contributed by atoms with Gasteiger partial charge in [0.1, 0.15) is 23.5 Å². The van der Waals surface area contributed by atoms with E-state index < -0.39 is 5.43 Å². The van der Waals surface area contributed by atoms with Gasteiger partial charge in [0.25, 0.3) is 0 Å². The average molecular weight is 740 g/mol. The molecule has 1 radical (unpaired) electrons. The van der Waals surface area contributed by atoms with Crippen LogP contribution in [0.3, 0.4) is 0 Å². The van der Waals surface area contributed by atoms with Gasteiger partial charge in [-0.1, -0.05) is 115 Å². The van der Waals surface area contributed by atoms with Crippen LogP contribution in [-0.2, 0) is 52.3 Å². The molecule has 0 bridgehead atoms. The third-order valence-corrected chi connectivity index (χ3v) is 8.42. The molecule has 6 rings (SSSR count). The molecule has 0 aliphatic rings. The molecular formula is C41H40N5O3Y-. The Balaban J connectivity index is 0.00000486. The van der Waals surface area contributed by atoms with E-state index in [2.05, 4.69) is 145 Å². The quantitative estimate of drug-likeness (QED) is 0.0941. The second-order valence-corrected chi connectivity index (χ2v) is 11.9. The summed E-state index contributed by atoms with van der Waals surface area (Å²) in [5, 5.41) is 18.1. The fourth-order valence-corrected chi connectivity index (χ4v) is 5.84. The SMILES string of the molecule is CC/C(=C(\c1ccccc1)c1ccc(OCCN(C)Cc2ccc(-c3cn(CCn4[c-]c(O)c(=O)cc4)nn3)cc2)cc1)c1ccccc1.[Y]. The first kappa shape index (κ1) is 36.6. The summed E-state index contributed by atoms with van der Waals surface area (Å²) < 4.78 is 9.52. The van der Waals surface area contributed by atoms with Gasteiger partial charge in [-0.25, -0.2) is 0 Å². The summed E-state index contributed by atoms with van der Waals surface area (Å²) in [6.45, 7) is 5.40. The number of ether oxygens (including phenoxy) is 1. The van der Waals surface area contributed by atoms with Gasteiger partial charge in [-0.05, 0) is 59.0 Å². The van der Waals surface area contributed by atoms with Gasteiger partial charge in [0, 0.05) is 57.9 Å². The third-order valence-electron chi connectivity index (χ3n) is 8.42. The van der Waals surface area contributed by atoms with Crippen molar-refractivity contribution in [1.82, 2.24) is 24.5 Å². The van der Waals surface area contributed by atoms with Crippen LogP contribution in [-0.4, -0.2) is 49.8 Å².